The van der Waals surface area contributed by atoms with E-state index >= 15 is 0 Å². The smallest absolute Gasteiger partial charge is 0.244 e. The molecule has 0 bridgehead atoms. The fourth-order valence-electron chi connectivity index (χ4n) is 2.19. The van der Waals surface area contributed by atoms with Gasteiger partial charge in [-0.25, -0.2) is 12.7 Å². The number of sulfonamides is 1. The number of carbonyl (C=O) groups excluding carboxylic acids is 1. The molecule has 25 heavy (non-hydrogen) atoms. The molecule has 0 radical (unpaired) electrons. The van der Waals surface area contributed by atoms with E-state index < -0.39 is 10.0 Å². The average Bonchev–Trinajstić information content (AvgIpc) is 2.59. The summed E-state index contributed by atoms with van der Waals surface area (Å²) in [6.45, 7) is 2.14. The molecule has 0 atom stereocenters. The number of rotatable bonds is 6. The fraction of sp³-hybridized carbons (Fsp3) is 0.211. The zero-order chi connectivity index (χ0) is 18.4. The predicted octanol–water partition coefficient (Wildman–Crippen LogP) is 2.57. The Labute approximate surface area is 149 Å². The van der Waals surface area contributed by atoms with Crippen molar-refractivity contribution < 1.29 is 13.2 Å². The minimum absolute atomic E-state index is 0.139. The van der Waals surface area contributed by atoms with Crippen LogP contribution in [0.15, 0.2) is 59.5 Å². The SMILES string of the molecule is Cc1ccc(/C=C/C(=O)NCc2ccccc2S(=O)(=O)N(C)C)cc1. The topological polar surface area (TPSA) is 66.5 Å². The van der Waals surface area contributed by atoms with Gasteiger partial charge in [0.05, 0.1) is 4.90 Å². The molecular formula is C19H22N2O3S. The van der Waals surface area contributed by atoms with Gasteiger partial charge in [-0.2, -0.15) is 0 Å². The number of amides is 1. The van der Waals surface area contributed by atoms with Crippen LogP contribution in [0.5, 0.6) is 0 Å². The molecule has 132 valence electrons. The molecule has 6 heteroatoms. The van der Waals surface area contributed by atoms with E-state index in [-0.39, 0.29) is 17.3 Å². The van der Waals surface area contributed by atoms with Crippen LogP contribution in [0.2, 0.25) is 0 Å². The van der Waals surface area contributed by atoms with Crippen molar-refractivity contribution in [2.24, 2.45) is 0 Å². The van der Waals surface area contributed by atoms with Crippen LogP contribution < -0.4 is 5.32 Å². The molecule has 0 heterocycles. The van der Waals surface area contributed by atoms with Crippen molar-refractivity contribution >= 4 is 22.0 Å². The second-order valence-corrected chi connectivity index (χ2v) is 7.98. The molecule has 2 rings (SSSR count). The minimum atomic E-state index is -3.55. The van der Waals surface area contributed by atoms with E-state index in [0.717, 1.165) is 15.4 Å². The van der Waals surface area contributed by atoms with Crippen LogP contribution in [0, 0.1) is 6.92 Å². The molecule has 0 aliphatic carbocycles. The van der Waals surface area contributed by atoms with Gasteiger partial charge >= 0.3 is 0 Å². The highest BCUT2D eigenvalue weighted by Crippen LogP contribution is 2.18. The van der Waals surface area contributed by atoms with Crippen molar-refractivity contribution in [1.29, 1.82) is 0 Å². The summed E-state index contributed by atoms with van der Waals surface area (Å²) in [7, 11) is -0.588. The van der Waals surface area contributed by atoms with Gasteiger partial charge in [0.1, 0.15) is 0 Å². The molecule has 0 aliphatic rings. The normalized spacial score (nSPS) is 11.8. The molecule has 0 unspecified atom stereocenters. The number of aryl methyl sites for hydroxylation is 1. The second kappa shape index (κ2) is 8.09. The van der Waals surface area contributed by atoms with Crippen molar-refractivity contribution in [3.8, 4) is 0 Å². The summed E-state index contributed by atoms with van der Waals surface area (Å²) in [5, 5.41) is 2.72. The lowest BCUT2D eigenvalue weighted by Crippen LogP contribution is -2.26. The molecule has 0 saturated heterocycles. The number of nitrogens with zero attached hydrogens (tertiary/aromatic N) is 1. The monoisotopic (exact) mass is 358 g/mol. The van der Waals surface area contributed by atoms with Crippen LogP contribution in [0.25, 0.3) is 6.08 Å². The quantitative estimate of drug-likeness (QED) is 0.807. The van der Waals surface area contributed by atoms with E-state index in [2.05, 4.69) is 5.32 Å². The second-order valence-electron chi connectivity index (χ2n) is 5.86. The molecular weight excluding hydrogens is 336 g/mol. The Kier molecular flexibility index (Phi) is 6.12. The third-order valence-electron chi connectivity index (χ3n) is 3.69. The number of hydrogen-bond acceptors (Lipinski definition) is 3. The maximum Gasteiger partial charge on any atom is 0.244 e. The Morgan fingerprint density at radius 3 is 2.36 bits per heavy atom. The van der Waals surface area contributed by atoms with Gasteiger partial charge in [0.25, 0.3) is 0 Å². The summed E-state index contributed by atoms with van der Waals surface area (Å²) in [5.74, 6) is -0.280. The maximum absolute atomic E-state index is 12.3. The summed E-state index contributed by atoms with van der Waals surface area (Å²) in [6.07, 6.45) is 3.16. The van der Waals surface area contributed by atoms with E-state index in [4.69, 9.17) is 0 Å². The van der Waals surface area contributed by atoms with Crippen LogP contribution in [0.4, 0.5) is 0 Å². The zero-order valence-electron chi connectivity index (χ0n) is 14.6. The van der Waals surface area contributed by atoms with Crippen molar-refractivity contribution in [1.82, 2.24) is 9.62 Å². The Morgan fingerprint density at radius 1 is 1.08 bits per heavy atom. The summed E-state index contributed by atoms with van der Waals surface area (Å²) in [4.78, 5) is 12.2. The first-order valence-corrected chi connectivity index (χ1v) is 9.28. The zero-order valence-corrected chi connectivity index (χ0v) is 15.4. The minimum Gasteiger partial charge on any atom is -0.348 e. The van der Waals surface area contributed by atoms with Gasteiger partial charge in [-0.05, 0) is 30.2 Å². The van der Waals surface area contributed by atoms with Gasteiger partial charge in [0, 0.05) is 26.7 Å². The lowest BCUT2D eigenvalue weighted by atomic mass is 10.1. The van der Waals surface area contributed by atoms with Gasteiger partial charge in [0.15, 0.2) is 0 Å². The van der Waals surface area contributed by atoms with Crippen LogP contribution in [0.3, 0.4) is 0 Å². The average molecular weight is 358 g/mol. The Balaban J connectivity index is 2.06. The van der Waals surface area contributed by atoms with Crippen molar-refractivity contribution in [2.75, 3.05) is 14.1 Å². The molecule has 2 aromatic carbocycles. The number of benzene rings is 2. The summed E-state index contributed by atoms with van der Waals surface area (Å²) >= 11 is 0. The molecule has 1 N–H and O–H groups in total. The van der Waals surface area contributed by atoms with E-state index in [1.807, 2.05) is 31.2 Å². The Bertz CT molecular complexity index is 870. The lowest BCUT2D eigenvalue weighted by molar-refractivity contribution is -0.116. The first kappa shape index (κ1) is 18.9. The van der Waals surface area contributed by atoms with Crippen molar-refractivity contribution in [2.45, 2.75) is 18.4 Å². The van der Waals surface area contributed by atoms with E-state index in [1.54, 1.807) is 30.3 Å². The maximum atomic E-state index is 12.3. The number of hydrogen-bond donors (Lipinski definition) is 1. The highest BCUT2D eigenvalue weighted by atomic mass is 32.2. The molecule has 5 nitrogen and oxygen atoms in total. The van der Waals surface area contributed by atoms with Crippen molar-refractivity contribution in [3.05, 3.63) is 71.3 Å². The van der Waals surface area contributed by atoms with Gasteiger partial charge in [0.2, 0.25) is 15.9 Å². The van der Waals surface area contributed by atoms with E-state index in [1.165, 1.54) is 20.2 Å². The summed E-state index contributed by atoms with van der Waals surface area (Å²) in [5.41, 5.74) is 2.63. The molecule has 2 aromatic rings. The van der Waals surface area contributed by atoms with E-state index in [9.17, 15) is 13.2 Å². The predicted molar refractivity (Wildman–Crippen MR) is 99.4 cm³/mol. The first-order chi connectivity index (χ1) is 11.8. The lowest BCUT2D eigenvalue weighted by Gasteiger charge is -2.15. The largest absolute Gasteiger partial charge is 0.348 e. The molecule has 0 fully saturated rings. The third kappa shape index (κ3) is 5.01. The van der Waals surface area contributed by atoms with Crippen LogP contribution in [-0.4, -0.2) is 32.7 Å². The number of carbonyl (C=O) groups is 1. The third-order valence-corrected chi connectivity index (χ3v) is 5.60. The molecule has 0 aromatic heterocycles. The Hall–Kier alpha value is -2.44. The summed E-state index contributed by atoms with van der Waals surface area (Å²) < 4.78 is 25.8. The van der Waals surface area contributed by atoms with Gasteiger partial charge < -0.3 is 5.32 Å². The van der Waals surface area contributed by atoms with Crippen molar-refractivity contribution in [3.63, 3.8) is 0 Å². The fourth-order valence-corrected chi connectivity index (χ4v) is 3.30. The molecule has 0 spiro atoms. The van der Waals surface area contributed by atoms with Gasteiger partial charge in [-0.1, -0.05) is 48.0 Å². The van der Waals surface area contributed by atoms with E-state index in [0.29, 0.717) is 5.56 Å². The highest BCUT2D eigenvalue weighted by Gasteiger charge is 2.20. The standard InChI is InChI=1S/C19H22N2O3S/c1-15-8-10-16(11-9-15)12-13-19(22)20-14-17-6-4-5-7-18(17)25(23,24)21(2)3/h4-13H,14H2,1-3H3,(H,20,22)/b13-12+. The van der Waals surface area contributed by atoms with Crippen LogP contribution in [0.1, 0.15) is 16.7 Å². The van der Waals surface area contributed by atoms with Gasteiger partial charge in [-0.15, -0.1) is 0 Å². The first-order valence-electron chi connectivity index (χ1n) is 7.84. The molecule has 1 amide bonds. The van der Waals surface area contributed by atoms with Crippen LogP contribution in [-0.2, 0) is 21.4 Å². The summed E-state index contributed by atoms with van der Waals surface area (Å²) in [6, 6.07) is 14.5. The molecule has 0 aliphatic heterocycles. The molecule has 0 saturated carbocycles. The highest BCUT2D eigenvalue weighted by molar-refractivity contribution is 7.89. The number of nitrogens with one attached hydrogen (secondary N) is 1. The Morgan fingerprint density at radius 2 is 1.72 bits per heavy atom. The van der Waals surface area contributed by atoms with Crippen LogP contribution >= 0.6 is 0 Å². The van der Waals surface area contributed by atoms with Gasteiger partial charge in [-0.3, -0.25) is 4.79 Å².